The van der Waals surface area contributed by atoms with Crippen LogP contribution in [-0.2, 0) is 4.79 Å². The lowest BCUT2D eigenvalue weighted by molar-refractivity contribution is -0.124. The summed E-state index contributed by atoms with van der Waals surface area (Å²) in [5.74, 6) is 2.23. The Morgan fingerprint density at radius 1 is 1.83 bits per heavy atom. The van der Waals surface area contributed by atoms with E-state index >= 15 is 0 Å². The Bertz CT molecular complexity index is 202. The topological polar surface area (TPSA) is 29.1 Å². The van der Waals surface area contributed by atoms with E-state index in [2.05, 4.69) is 17.8 Å². The average Bonchev–Trinajstić information content (AvgIpc) is 2.12. The molecule has 0 saturated heterocycles. The van der Waals surface area contributed by atoms with Crippen LogP contribution in [0.1, 0.15) is 13.3 Å². The third kappa shape index (κ3) is 2.43. The van der Waals surface area contributed by atoms with Gasteiger partial charge in [0, 0.05) is 13.0 Å². The van der Waals surface area contributed by atoms with E-state index in [0.29, 0.717) is 0 Å². The van der Waals surface area contributed by atoms with Crippen LogP contribution in [0.4, 0.5) is 0 Å². The Morgan fingerprint density at radius 2 is 2.42 bits per heavy atom. The lowest BCUT2D eigenvalue weighted by Gasteiger charge is -2.16. The molecule has 0 aliphatic heterocycles. The molecule has 2 heteroatoms. The molecule has 66 valence electrons. The van der Waals surface area contributed by atoms with Gasteiger partial charge in [0.2, 0.25) is 5.91 Å². The van der Waals surface area contributed by atoms with Crippen LogP contribution in [-0.4, -0.2) is 13.0 Å². The Balaban J connectivity index is 4.43. The maximum Gasteiger partial charge on any atom is 0.227 e. The van der Waals surface area contributed by atoms with Crippen LogP contribution < -0.4 is 5.32 Å². The van der Waals surface area contributed by atoms with Gasteiger partial charge in [-0.3, -0.25) is 4.79 Å². The molecule has 0 spiro atoms. The first-order valence-electron chi connectivity index (χ1n) is 4.01. The number of amides is 1. The predicted octanol–water partition coefficient (Wildman–Crippen LogP) is 1.19. The second-order valence-electron chi connectivity index (χ2n) is 2.56. The highest BCUT2D eigenvalue weighted by atomic mass is 16.1. The number of terminal acetylenes is 1. The number of nitrogens with one attached hydrogen (secondary N) is 1. The van der Waals surface area contributed by atoms with Crippen LogP contribution in [0.2, 0.25) is 0 Å². The molecule has 0 aromatic carbocycles. The molecule has 0 radical (unpaired) electrons. The average molecular weight is 165 g/mol. The quantitative estimate of drug-likeness (QED) is 0.492. The molecule has 0 aromatic rings. The zero-order chi connectivity index (χ0) is 9.56. The van der Waals surface area contributed by atoms with Crippen molar-refractivity contribution < 1.29 is 4.79 Å². The summed E-state index contributed by atoms with van der Waals surface area (Å²) in [6.07, 6.45) is 7.67. The predicted molar refractivity (Wildman–Crippen MR) is 50.4 cm³/mol. The monoisotopic (exact) mass is 165 g/mol. The van der Waals surface area contributed by atoms with Crippen molar-refractivity contribution in [2.24, 2.45) is 11.8 Å². The number of carbonyl (C=O) groups excluding carboxylic acids is 1. The third-order valence-corrected chi connectivity index (χ3v) is 1.89. The summed E-state index contributed by atoms with van der Waals surface area (Å²) in [4.78, 5) is 11.2. The van der Waals surface area contributed by atoms with E-state index < -0.39 is 0 Å². The molecule has 0 heterocycles. The van der Waals surface area contributed by atoms with E-state index in [1.165, 1.54) is 0 Å². The molecule has 0 saturated carbocycles. The number of rotatable bonds is 4. The molecule has 0 bridgehead atoms. The smallest absolute Gasteiger partial charge is 0.227 e. The first-order chi connectivity index (χ1) is 5.71. The van der Waals surface area contributed by atoms with Gasteiger partial charge >= 0.3 is 0 Å². The van der Waals surface area contributed by atoms with Crippen molar-refractivity contribution in [2.75, 3.05) is 7.05 Å². The summed E-state index contributed by atoms with van der Waals surface area (Å²) in [5, 5.41) is 2.56. The van der Waals surface area contributed by atoms with Crippen LogP contribution in [0, 0.1) is 24.2 Å². The molecular weight excluding hydrogens is 150 g/mol. The van der Waals surface area contributed by atoms with Gasteiger partial charge < -0.3 is 5.32 Å². The fourth-order valence-electron chi connectivity index (χ4n) is 1.10. The lowest BCUT2D eigenvalue weighted by Crippen LogP contribution is -2.30. The Hall–Kier alpha value is -1.23. The van der Waals surface area contributed by atoms with Crippen molar-refractivity contribution in [1.82, 2.24) is 5.32 Å². The van der Waals surface area contributed by atoms with E-state index in [1.807, 2.05) is 6.92 Å². The SMILES string of the molecule is C#C[C@@H](CC)[C@H](C=C)C(=O)NC. The van der Waals surface area contributed by atoms with Crippen LogP contribution in [0.5, 0.6) is 0 Å². The van der Waals surface area contributed by atoms with Crippen LogP contribution >= 0.6 is 0 Å². The molecular formula is C10H15NO. The second kappa shape index (κ2) is 5.42. The third-order valence-electron chi connectivity index (χ3n) is 1.89. The van der Waals surface area contributed by atoms with E-state index in [4.69, 9.17) is 6.42 Å². The zero-order valence-electron chi connectivity index (χ0n) is 7.63. The molecule has 1 N–H and O–H groups in total. The standard InChI is InChI=1S/C10H15NO/c1-5-8(6-2)9(7-3)10(12)11-4/h1,7-9H,3,6H2,2,4H3,(H,11,12)/t8-,9-/m0/s1. The van der Waals surface area contributed by atoms with E-state index in [-0.39, 0.29) is 17.7 Å². The first kappa shape index (κ1) is 10.8. The second-order valence-corrected chi connectivity index (χ2v) is 2.56. The van der Waals surface area contributed by atoms with Gasteiger partial charge in [-0.05, 0) is 6.42 Å². The van der Waals surface area contributed by atoms with Crippen molar-refractivity contribution >= 4 is 5.91 Å². The number of hydrogen-bond acceptors (Lipinski definition) is 1. The molecule has 0 rings (SSSR count). The van der Waals surface area contributed by atoms with Crippen LogP contribution in [0.15, 0.2) is 12.7 Å². The van der Waals surface area contributed by atoms with Gasteiger partial charge in [-0.25, -0.2) is 0 Å². The van der Waals surface area contributed by atoms with Crippen molar-refractivity contribution in [3.8, 4) is 12.3 Å². The Kier molecular flexibility index (Phi) is 4.87. The zero-order valence-corrected chi connectivity index (χ0v) is 7.63. The van der Waals surface area contributed by atoms with Gasteiger partial charge in [0.25, 0.3) is 0 Å². The molecule has 1 amide bonds. The first-order valence-corrected chi connectivity index (χ1v) is 4.01. The Labute approximate surface area is 74.0 Å². The van der Waals surface area contributed by atoms with Gasteiger partial charge in [-0.1, -0.05) is 13.0 Å². The fraction of sp³-hybridized carbons (Fsp3) is 0.500. The van der Waals surface area contributed by atoms with Gasteiger partial charge in [0.15, 0.2) is 0 Å². The minimum absolute atomic E-state index is 0.0394. The van der Waals surface area contributed by atoms with Crippen molar-refractivity contribution in [3.63, 3.8) is 0 Å². The summed E-state index contributed by atoms with van der Waals surface area (Å²) < 4.78 is 0. The van der Waals surface area contributed by atoms with E-state index in [0.717, 1.165) is 6.42 Å². The maximum atomic E-state index is 11.2. The molecule has 2 atom stereocenters. The minimum Gasteiger partial charge on any atom is -0.359 e. The normalized spacial score (nSPS) is 14.1. The molecule has 12 heavy (non-hydrogen) atoms. The van der Waals surface area contributed by atoms with Crippen molar-refractivity contribution in [3.05, 3.63) is 12.7 Å². The molecule has 0 aliphatic rings. The number of hydrogen-bond donors (Lipinski definition) is 1. The highest BCUT2D eigenvalue weighted by Gasteiger charge is 2.20. The van der Waals surface area contributed by atoms with Gasteiger partial charge in [0.1, 0.15) is 0 Å². The van der Waals surface area contributed by atoms with E-state index in [9.17, 15) is 4.79 Å². The summed E-state index contributed by atoms with van der Waals surface area (Å²) >= 11 is 0. The molecule has 0 aliphatic carbocycles. The van der Waals surface area contributed by atoms with Crippen molar-refractivity contribution in [2.45, 2.75) is 13.3 Å². The maximum absolute atomic E-state index is 11.2. The van der Waals surface area contributed by atoms with Gasteiger partial charge in [-0.15, -0.1) is 18.9 Å². The molecule has 0 fully saturated rings. The number of carbonyl (C=O) groups is 1. The van der Waals surface area contributed by atoms with Crippen LogP contribution in [0.3, 0.4) is 0 Å². The van der Waals surface area contributed by atoms with Crippen LogP contribution in [0.25, 0.3) is 0 Å². The summed E-state index contributed by atoms with van der Waals surface area (Å²) in [7, 11) is 1.60. The summed E-state index contributed by atoms with van der Waals surface area (Å²) in [5.41, 5.74) is 0. The summed E-state index contributed by atoms with van der Waals surface area (Å²) in [6.45, 7) is 5.55. The minimum atomic E-state index is -0.259. The molecule has 0 unspecified atom stereocenters. The molecule has 0 aromatic heterocycles. The highest BCUT2D eigenvalue weighted by Crippen LogP contribution is 2.15. The van der Waals surface area contributed by atoms with Gasteiger partial charge in [0.05, 0.1) is 5.92 Å². The largest absolute Gasteiger partial charge is 0.359 e. The van der Waals surface area contributed by atoms with E-state index in [1.54, 1.807) is 13.1 Å². The Morgan fingerprint density at radius 3 is 2.67 bits per heavy atom. The summed E-state index contributed by atoms with van der Waals surface area (Å²) in [6, 6.07) is 0. The molecule has 2 nitrogen and oxygen atoms in total. The fourth-order valence-corrected chi connectivity index (χ4v) is 1.10. The lowest BCUT2D eigenvalue weighted by atomic mass is 9.90. The highest BCUT2D eigenvalue weighted by molar-refractivity contribution is 5.80. The van der Waals surface area contributed by atoms with Crippen molar-refractivity contribution in [1.29, 1.82) is 0 Å². The van der Waals surface area contributed by atoms with Gasteiger partial charge in [-0.2, -0.15) is 0 Å².